The zero-order chi connectivity index (χ0) is 10.9. The number of aliphatic hydroxyl groups excluding tert-OH is 1. The Labute approximate surface area is 88.6 Å². The van der Waals surface area contributed by atoms with Crippen molar-refractivity contribution in [2.45, 2.75) is 25.7 Å². The number of hydrogen-bond donors (Lipinski definition) is 1. The van der Waals surface area contributed by atoms with Crippen LogP contribution in [0.25, 0.3) is 0 Å². The van der Waals surface area contributed by atoms with Crippen molar-refractivity contribution in [2.24, 2.45) is 5.41 Å². The van der Waals surface area contributed by atoms with Crippen LogP contribution in [0.1, 0.15) is 25.7 Å². The number of hydrogen-bond acceptors (Lipinski definition) is 3. The lowest BCUT2D eigenvalue weighted by Gasteiger charge is -2.30. The fourth-order valence-corrected chi connectivity index (χ4v) is 2.41. The van der Waals surface area contributed by atoms with E-state index in [1.807, 2.05) is 0 Å². The Bertz CT molecular complexity index is 298. The van der Waals surface area contributed by atoms with E-state index in [0.29, 0.717) is 6.54 Å². The van der Waals surface area contributed by atoms with Crippen LogP contribution in [0.15, 0.2) is 12.2 Å². The molecule has 1 aliphatic heterocycles. The number of aliphatic hydroxyl groups is 1. The molecule has 1 fully saturated rings. The fourth-order valence-electron chi connectivity index (χ4n) is 2.41. The van der Waals surface area contributed by atoms with Crippen LogP contribution in [0.5, 0.6) is 0 Å². The molecule has 0 spiro atoms. The van der Waals surface area contributed by atoms with Gasteiger partial charge in [0.1, 0.15) is 0 Å². The predicted molar refractivity (Wildman–Crippen MR) is 53.8 cm³/mol. The Hall–Kier alpha value is -1.16. The quantitative estimate of drug-likeness (QED) is 0.687. The van der Waals surface area contributed by atoms with Gasteiger partial charge < -0.3 is 5.11 Å². The first kappa shape index (κ1) is 10.4. The molecule has 0 saturated heterocycles. The van der Waals surface area contributed by atoms with Crippen LogP contribution in [0.2, 0.25) is 0 Å². The maximum atomic E-state index is 11.4. The van der Waals surface area contributed by atoms with Gasteiger partial charge in [0, 0.05) is 24.1 Å². The number of nitrogens with zero attached hydrogens (tertiary/aromatic N) is 1. The molecule has 1 heterocycles. The van der Waals surface area contributed by atoms with E-state index >= 15 is 0 Å². The summed E-state index contributed by atoms with van der Waals surface area (Å²) in [5.41, 5.74) is -0.239. The van der Waals surface area contributed by atoms with Gasteiger partial charge in [-0.15, -0.1) is 0 Å². The van der Waals surface area contributed by atoms with Crippen molar-refractivity contribution in [3.63, 3.8) is 0 Å². The maximum Gasteiger partial charge on any atom is 0.253 e. The van der Waals surface area contributed by atoms with E-state index in [2.05, 4.69) is 0 Å². The van der Waals surface area contributed by atoms with Gasteiger partial charge in [-0.2, -0.15) is 0 Å². The van der Waals surface area contributed by atoms with Gasteiger partial charge in [-0.1, -0.05) is 12.8 Å². The second-order valence-electron chi connectivity index (χ2n) is 4.46. The van der Waals surface area contributed by atoms with Crippen LogP contribution < -0.4 is 0 Å². The smallest absolute Gasteiger partial charge is 0.253 e. The Morgan fingerprint density at radius 2 is 1.73 bits per heavy atom. The second-order valence-corrected chi connectivity index (χ2v) is 4.46. The monoisotopic (exact) mass is 209 g/mol. The lowest BCUT2D eigenvalue weighted by molar-refractivity contribution is -0.139. The summed E-state index contributed by atoms with van der Waals surface area (Å²) in [6.07, 6.45) is 6.54. The van der Waals surface area contributed by atoms with Crippen LogP contribution >= 0.6 is 0 Å². The highest BCUT2D eigenvalue weighted by Crippen LogP contribution is 2.38. The third-order valence-electron chi connectivity index (χ3n) is 3.39. The summed E-state index contributed by atoms with van der Waals surface area (Å²) in [5.74, 6) is -0.501. The molecule has 0 aromatic heterocycles. The molecule has 2 rings (SSSR count). The molecule has 1 N–H and O–H groups in total. The van der Waals surface area contributed by atoms with Gasteiger partial charge in [0.15, 0.2) is 0 Å². The van der Waals surface area contributed by atoms with E-state index in [1.54, 1.807) is 0 Å². The Morgan fingerprint density at radius 1 is 1.20 bits per heavy atom. The third kappa shape index (κ3) is 1.81. The summed E-state index contributed by atoms with van der Waals surface area (Å²) in [5, 5.41) is 9.38. The summed E-state index contributed by atoms with van der Waals surface area (Å²) in [7, 11) is 0. The van der Waals surface area contributed by atoms with Gasteiger partial charge in [0.05, 0.1) is 6.61 Å². The molecular weight excluding hydrogens is 194 g/mol. The molecule has 4 heteroatoms. The highest BCUT2D eigenvalue weighted by molar-refractivity contribution is 6.12. The van der Waals surface area contributed by atoms with Crippen molar-refractivity contribution < 1.29 is 14.7 Å². The van der Waals surface area contributed by atoms with Crippen molar-refractivity contribution in [1.82, 2.24) is 4.90 Å². The van der Waals surface area contributed by atoms with E-state index in [9.17, 15) is 14.7 Å². The first-order valence-corrected chi connectivity index (χ1v) is 5.31. The van der Waals surface area contributed by atoms with E-state index < -0.39 is 0 Å². The van der Waals surface area contributed by atoms with Gasteiger partial charge in [-0.3, -0.25) is 14.5 Å². The van der Waals surface area contributed by atoms with E-state index in [-0.39, 0.29) is 23.8 Å². The van der Waals surface area contributed by atoms with E-state index in [0.717, 1.165) is 25.7 Å². The highest BCUT2D eigenvalue weighted by atomic mass is 16.3. The van der Waals surface area contributed by atoms with Crippen LogP contribution in [-0.2, 0) is 9.59 Å². The summed E-state index contributed by atoms with van der Waals surface area (Å²) in [6.45, 7) is 0.429. The van der Waals surface area contributed by atoms with Gasteiger partial charge in [-0.25, -0.2) is 0 Å². The van der Waals surface area contributed by atoms with Crippen LogP contribution in [0.3, 0.4) is 0 Å². The molecule has 0 atom stereocenters. The zero-order valence-corrected chi connectivity index (χ0v) is 8.61. The lowest BCUT2D eigenvalue weighted by Crippen LogP contribution is -2.41. The highest BCUT2D eigenvalue weighted by Gasteiger charge is 2.38. The average molecular weight is 209 g/mol. The number of rotatable bonds is 3. The molecule has 1 saturated carbocycles. The summed E-state index contributed by atoms with van der Waals surface area (Å²) >= 11 is 0. The minimum atomic E-state index is -0.250. The molecule has 4 nitrogen and oxygen atoms in total. The number of carbonyl (C=O) groups is 2. The van der Waals surface area contributed by atoms with E-state index in [4.69, 9.17) is 0 Å². The SMILES string of the molecule is O=C1C=CC(=O)N1CC1(CO)CCCC1. The van der Waals surface area contributed by atoms with Crippen LogP contribution in [0, 0.1) is 5.41 Å². The van der Waals surface area contributed by atoms with Gasteiger partial charge in [0.25, 0.3) is 11.8 Å². The fraction of sp³-hybridized carbons (Fsp3) is 0.636. The zero-order valence-electron chi connectivity index (χ0n) is 8.61. The summed E-state index contributed by atoms with van der Waals surface area (Å²) < 4.78 is 0. The molecule has 2 aliphatic rings. The van der Waals surface area contributed by atoms with Gasteiger partial charge >= 0.3 is 0 Å². The molecule has 0 bridgehead atoms. The Morgan fingerprint density at radius 3 is 2.20 bits per heavy atom. The van der Waals surface area contributed by atoms with Crippen molar-refractivity contribution in [1.29, 1.82) is 0 Å². The number of imide groups is 1. The number of amides is 2. The van der Waals surface area contributed by atoms with Crippen molar-refractivity contribution >= 4 is 11.8 Å². The first-order valence-electron chi connectivity index (χ1n) is 5.31. The molecule has 15 heavy (non-hydrogen) atoms. The maximum absolute atomic E-state index is 11.4. The molecule has 0 unspecified atom stereocenters. The largest absolute Gasteiger partial charge is 0.396 e. The molecule has 0 aromatic rings. The van der Waals surface area contributed by atoms with Crippen molar-refractivity contribution in [3.05, 3.63) is 12.2 Å². The number of carbonyl (C=O) groups excluding carboxylic acids is 2. The Balaban J connectivity index is 2.07. The van der Waals surface area contributed by atoms with Crippen LogP contribution in [0.4, 0.5) is 0 Å². The normalized spacial score (nSPS) is 24.2. The molecular formula is C11H15NO3. The second kappa shape index (κ2) is 3.77. The standard InChI is InChI=1S/C11H15NO3/c13-8-11(5-1-2-6-11)7-12-9(14)3-4-10(12)15/h3-4,13H,1-2,5-8H2. The topological polar surface area (TPSA) is 57.6 Å². The van der Waals surface area contributed by atoms with Crippen molar-refractivity contribution in [2.75, 3.05) is 13.2 Å². The Kier molecular flexibility index (Phi) is 2.61. The average Bonchev–Trinajstić information content (AvgIpc) is 2.81. The summed E-state index contributed by atoms with van der Waals surface area (Å²) in [6, 6.07) is 0. The van der Waals surface area contributed by atoms with Crippen LogP contribution in [-0.4, -0.2) is 35.0 Å². The minimum Gasteiger partial charge on any atom is -0.396 e. The molecule has 0 radical (unpaired) electrons. The lowest BCUT2D eigenvalue weighted by atomic mass is 9.86. The van der Waals surface area contributed by atoms with Gasteiger partial charge in [-0.05, 0) is 12.8 Å². The molecule has 1 aliphatic carbocycles. The van der Waals surface area contributed by atoms with E-state index in [1.165, 1.54) is 17.1 Å². The predicted octanol–water partition coefficient (Wildman–Crippen LogP) is 0.464. The summed E-state index contributed by atoms with van der Waals surface area (Å²) in [4.78, 5) is 24.0. The molecule has 0 aromatic carbocycles. The van der Waals surface area contributed by atoms with Gasteiger partial charge in [0.2, 0.25) is 0 Å². The minimum absolute atomic E-state index is 0.0596. The molecule has 82 valence electrons. The first-order chi connectivity index (χ1) is 7.17. The van der Waals surface area contributed by atoms with Crippen molar-refractivity contribution in [3.8, 4) is 0 Å². The molecule has 2 amide bonds. The third-order valence-corrected chi connectivity index (χ3v) is 3.39.